The van der Waals surface area contributed by atoms with Gasteiger partial charge in [0.05, 0.1) is 25.5 Å². The highest BCUT2D eigenvalue weighted by Gasteiger charge is 2.34. The number of allylic oxidation sites excluding steroid dienone is 2. The predicted molar refractivity (Wildman–Crippen MR) is 106 cm³/mol. The van der Waals surface area contributed by atoms with E-state index in [1.165, 1.54) is 41.8 Å². The molecule has 0 aliphatic carbocycles. The van der Waals surface area contributed by atoms with Crippen molar-refractivity contribution in [1.82, 2.24) is 4.31 Å². The molecule has 29 heavy (non-hydrogen) atoms. The van der Waals surface area contributed by atoms with Gasteiger partial charge in [0, 0.05) is 19.3 Å². The van der Waals surface area contributed by atoms with Crippen LogP contribution in [0.15, 0.2) is 64.9 Å². The Labute approximate surface area is 169 Å². The summed E-state index contributed by atoms with van der Waals surface area (Å²) in [6, 6.07) is 6.35. The second kappa shape index (κ2) is 8.62. The number of carbonyl (C=O) groups is 2. The van der Waals surface area contributed by atoms with Crippen molar-refractivity contribution in [2.24, 2.45) is 0 Å². The molecule has 1 fully saturated rings. The molecule has 0 saturated carbocycles. The van der Waals surface area contributed by atoms with Crippen LogP contribution < -0.4 is 4.90 Å². The number of para-hydroxylation sites is 1. The fourth-order valence-electron chi connectivity index (χ4n) is 3.29. The third-order valence-electron chi connectivity index (χ3n) is 4.70. The van der Waals surface area contributed by atoms with Crippen molar-refractivity contribution in [2.45, 2.75) is 17.7 Å². The Bertz CT molecular complexity index is 1000. The molecule has 2 aliphatic rings. The van der Waals surface area contributed by atoms with Gasteiger partial charge in [-0.05, 0) is 37.1 Å². The maximum absolute atomic E-state index is 13.2. The van der Waals surface area contributed by atoms with Gasteiger partial charge >= 0.3 is 11.9 Å². The van der Waals surface area contributed by atoms with E-state index in [4.69, 9.17) is 9.47 Å². The van der Waals surface area contributed by atoms with Gasteiger partial charge < -0.3 is 14.4 Å². The van der Waals surface area contributed by atoms with Crippen molar-refractivity contribution in [3.05, 3.63) is 60.0 Å². The number of hydrogen-bond acceptors (Lipinski definition) is 7. The van der Waals surface area contributed by atoms with Gasteiger partial charge in [-0.25, -0.2) is 18.0 Å². The monoisotopic (exact) mass is 418 g/mol. The topological polar surface area (TPSA) is 93.2 Å². The molecule has 0 atom stereocenters. The van der Waals surface area contributed by atoms with Crippen LogP contribution in [0.5, 0.6) is 0 Å². The van der Waals surface area contributed by atoms with Gasteiger partial charge in [0.25, 0.3) is 0 Å². The quantitative estimate of drug-likeness (QED) is 0.675. The molecule has 1 aromatic rings. The summed E-state index contributed by atoms with van der Waals surface area (Å²) in [6.45, 7) is 0.891. The van der Waals surface area contributed by atoms with E-state index in [9.17, 15) is 18.0 Å². The van der Waals surface area contributed by atoms with Crippen molar-refractivity contribution in [3.63, 3.8) is 0 Å². The molecule has 2 aliphatic heterocycles. The minimum atomic E-state index is -3.78. The third kappa shape index (κ3) is 3.96. The van der Waals surface area contributed by atoms with E-state index in [2.05, 4.69) is 0 Å². The lowest BCUT2D eigenvalue weighted by Crippen LogP contribution is -2.31. The van der Waals surface area contributed by atoms with E-state index in [-0.39, 0.29) is 21.9 Å². The number of carbonyl (C=O) groups excluding carboxylic acids is 2. The van der Waals surface area contributed by atoms with Crippen LogP contribution in [0.1, 0.15) is 12.8 Å². The van der Waals surface area contributed by atoms with E-state index in [0.717, 1.165) is 12.8 Å². The lowest BCUT2D eigenvalue weighted by atomic mass is 10.1. The predicted octanol–water partition coefficient (Wildman–Crippen LogP) is 1.96. The van der Waals surface area contributed by atoms with E-state index < -0.39 is 22.0 Å². The first-order valence-corrected chi connectivity index (χ1v) is 10.5. The van der Waals surface area contributed by atoms with Crippen LogP contribution in [0, 0.1) is 0 Å². The molecule has 0 spiro atoms. The number of ether oxygens (including phenoxy) is 2. The maximum atomic E-state index is 13.2. The summed E-state index contributed by atoms with van der Waals surface area (Å²) in [5.41, 5.74) is 0.0623. The average molecular weight is 418 g/mol. The molecule has 0 bridgehead atoms. The van der Waals surface area contributed by atoms with E-state index in [1.54, 1.807) is 30.4 Å². The van der Waals surface area contributed by atoms with Crippen molar-refractivity contribution >= 4 is 27.6 Å². The Morgan fingerprint density at radius 2 is 1.62 bits per heavy atom. The van der Waals surface area contributed by atoms with Crippen LogP contribution in [0.25, 0.3) is 0 Å². The van der Waals surface area contributed by atoms with Crippen molar-refractivity contribution in [1.29, 1.82) is 0 Å². The fraction of sp³-hybridized carbons (Fsp3) is 0.300. The number of benzene rings is 1. The van der Waals surface area contributed by atoms with Gasteiger partial charge in [-0.1, -0.05) is 18.2 Å². The highest BCUT2D eigenvalue weighted by atomic mass is 32.2. The molecule has 3 rings (SSSR count). The molecule has 0 N–H and O–H groups in total. The highest BCUT2D eigenvalue weighted by molar-refractivity contribution is 7.89. The van der Waals surface area contributed by atoms with E-state index in [0.29, 0.717) is 13.1 Å². The minimum absolute atomic E-state index is 0.0408. The summed E-state index contributed by atoms with van der Waals surface area (Å²) in [4.78, 5) is 26.3. The second-order valence-corrected chi connectivity index (χ2v) is 8.30. The molecule has 0 radical (unpaired) electrons. The van der Waals surface area contributed by atoms with Gasteiger partial charge in [-0.15, -0.1) is 0 Å². The SMILES string of the molecule is COC(=O)C1=C(C(=O)OC)N(c2ccccc2S(=O)(=O)N2CCCC2)C=CC=C1. The van der Waals surface area contributed by atoms with Crippen LogP contribution in [0.3, 0.4) is 0 Å². The van der Waals surface area contributed by atoms with Gasteiger partial charge in [-0.3, -0.25) is 0 Å². The average Bonchev–Trinajstić information content (AvgIpc) is 3.20. The van der Waals surface area contributed by atoms with Crippen LogP contribution >= 0.6 is 0 Å². The summed E-state index contributed by atoms with van der Waals surface area (Å²) in [7, 11) is -1.39. The summed E-state index contributed by atoms with van der Waals surface area (Å²) < 4.78 is 37.6. The molecule has 0 aromatic heterocycles. The van der Waals surface area contributed by atoms with Gasteiger partial charge in [0.2, 0.25) is 10.0 Å². The molecular weight excluding hydrogens is 396 g/mol. The standard InChI is InChI=1S/C20H22N2O6S/c1-27-19(23)15-9-5-6-14-22(18(15)20(24)28-2)16-10-3-4-11-17(16)29(25,26)21-12-7-8-13-21/h3-6,9-11,14H,7-8,12-13H2,1-2H3. The number of sulfonamides is 1. The second-order valence-electron chi connectivity index (χ2n) is 6.40. The van der Waals surface area contributed by atoms with Crippen molar-refractivity contribution < 1.29 is 27.5 Å². The lowest BCUT2D eigenvalue weighted by Gasteiger charge is -2.26. The maximum Gasteiger partial charge on any atom is 0.355 e. The number of anilines is 1. The Hall–Kier alpha value is -2.91. The first-order chi connectivity index (χ1) is 13.9. The largest absolute Gasteiger partial charge is 0.465 e. The number of esters is 2. The van der Waals surface area contributed by atoms with Crippen LogP contribution in [0.2, 0.25) is 0 Å². The van der Waals surface area contributed by atoms with Crippen LogP contribution in [0.4, 0.5) is 5.69 Å². The smallest absolute Gasteiger partial charge is 0.355 e. The van der Waals surface area contributed by atoms with Gasteiger partial charge in [0.1, 0.15) is 10.6 Å². The van der Waals surface area contributed by atoms with Gasteiger partial charge in [-0.2, -0.15) is 4.31 Å². The van der Waals surface area contributed by atoms with Crippen LogP contribution in [-0.2, 0) is 29.1 Å². The molecule has 0 unspecified atom stereocenters. The summed E-state index contributed by atoms with van der Waals surface area (Å²) >= 11 is 0. The van der Waals surface area contributed by atoms with Crippen LogP contribution in [-0.4, -0.2) is 52.0 Å². The number of nitrogens with zero attached hydrogens (tertiary/aromatic N) is 2. The number of methoxy groups -OCH3 is 2. The Balaban J connectivity index is 2.21. The normalized spacial score (nSPS) is 17.4. The zero-order valence-electron chi connectivity index (χ0n) is 16.2. The first-order valence-electron chi connectivity index (χ1n) is 9.06. The fourth-order valence-corrected chi connectivity index (χ4v) is 4.99. The van der Waals surface area contributed by atoms with E-state index >= 15 is 0 Å². The molecule has 2 heterocycles. The molecule has 9 heteroatoms. The minimum Gasteiger partial charge on any atom is -0.465 e. The number of hydrogen-bond donors (Lipinski definition) is 0. The third-order valence-corrected chi connectivity index (χ3v) is 6.64. The zero-order valence-corrected chi connectivity index (χ0v) is 17.0. The van der Waals surface area contributed by atoms with Gasteiger partial charge in [0.15, 0.2) is 0 Å². The van der Waals surface area contributed by atoms with Crippen molar-refractivity contribution in [3.8, 4) is 0 Å². The summed E-state index contributed by atoms with van der Waals surface area (Å²) in [5, 5.41) is 0. The Morgan fingerprint density at radius 3 is 2.28 bits per heavy atom. The lowest BCUT2D eigenvalue weighted by molar-refractivity contribution is -0.139. The molecule has 1 aromatic carbocycles. The highest BCUT2D eigenvalue weighted by Crippen LogP contribution is 2.34. The molecule has 0 amide bonds. The molecular formula is C20H22N2O6S. The molecule has 154 valence electrons. The van der Waals surface area contributed by atoms with Crippen molar-refractivity contribution in [2.75, 3.05) is 32.2 Å². The summed E-state index contributed by atoms with van der Waals surface area (Å²) in [5.74, 6) is -1.54. The molecule has 8 nitrogen and oxygen atoms in total. The molecule has 1 saturated heterocycles. The van der Waals surface area contributed by atoms with E-state index in [1.807, 2.05) is 0 Å². The first kappa shape index (κ1) is 20.8. The zero-order chi connectivity index (χ0) is 21.0. The Morgan fingerprint density at radius 1 is 0.966 bits per heavy atom. The number of rotatable bonds is 5. The Kier molecular flexibility index (Phi) is 6.19. The summed E-state index contributed by atoms with van der Waals surface area (Å²) in [6.07, 6.45) is 7.69.